The molecule has 9 nitrogen and oxygen atoms in total. The zero-order chi connectivity index (χ0) is 13.3. The number of aliphatic hydroxyl groups excluding tert-OH is 6. The molecule has 0 saturated heterocycles. The maximum Gasteiger partial charge on any atom is 0.761 e. The summed E-state index contributed by atoms with van der Waals surface area (Å²) in [6, 6.07) is 0. The van der Waals surface area contributed by atoms with Gasteiger partial charge in [-0.1, -0.05) is 0 Å². The Balaban J connectivity index is 0. The minimum absolute atomic E-state index is 0.726. The van der Waals surface area contributed by atoms with Crippen molar-refractivity contribution in [2.24, 2.45) is 0 Å². The summed E-state index contributed by atoms with van der Waals surface area (Å²) < 4.78 is 8.74. The van der Waals surface area contributed by atoms with E-state index in [0.717, 1.165) is 0 Å². The molecule has 0 aromatic heterocycles. The van der Waals surface area contributed by atoms with Crippen LogP contribution >= 0.6 is 0 Å². The first kappa shape index (κ1) is 17.8. The van der Waals surface area contributed by atoms with Crippen molar-refractivity contribution in [3.63, 3.8) is 0 Å². The summed E-state index contributed by atoms with van der Waals surface area (Å²) in [6.45, 7) is -1.45. The second-order valence-corrected chi connectivity index (χ2v) is 3.33. The largest absolute Gasteiger partial charge is 0.761 e. The molecule has 8 N–H and O–H groups in total. The molecule has 0 heterocycles. The molecule has 16 heavy (non-hydrogen) atoms. The van der Waals surface area contributed by atoms with E-state index in [2.05, 4.69) is 0 Å². The van der Waals surface area contributed by atoms with Gasteiger partial charge in [0, 0.05) is 0 Å². The van der Waals surface area contributed by atoms with Gasteiger partial charge in [0.1, 0.15) is 24.4 Å². The van der Waals surface area contributed by atoms with Crippen molar-refractivity contribution in [3.05, 3.63) is 0 Å². The molecule has 10 heteroatoms. The first-order valence-electron chi connectivity index (χ1n) is 4.13. The Morgan fingerprint density at radius 1 is 0.812 bits per heavy atom. The lowest BCUT2D eigenvalue weighted by Gasteiger charge is -2.24. The first-order valence-corrected chi connectivity index (χ1v) is 5.44. The summed E-state index contributed by atoms with van der Waals surface area (Å²) in [5, 5.41) is 52.2. The second kappa shape index (κ2) is 9.59. The van der Waals surface area contributed by atoms with E-state index >= 15 is 0 Å². The molecule has 0 radical (unpaired) electrons. The normalized spacial score (nSPS) is 17.6. The molecule has 4 atom stereocenters. The molecule has 0 saturated carbocycles. The van der Waals surface area contributed by atoms with Crippen molar-refractivity contribution in [1.82, 2.24) is 0 Å². The highest BCUT2D eigenvalue weighted by molar-refractivity contribution is 6.22. The summed E-state index contributed by atoms with van der Waals surface area (Å²) in [7, 11) is -3.13. The fraction of sp³-hybridized carbons (Fsp3) is 1.00. The minimum atomic E-state index is -3.13. The topological polar surface area (TPSA) is 179 Å². The van der Waals surface area contributed by atoms with Gasteiger partial charge >= 0.3 is 9.17 Å². The Hall–Kier alpha value is -0.623. The van der Waals surface area contributed by atoms with Gasteiger partial charge in [-0.05, 0) is 0 Å². The SMILES string of the molecule is O=[Si](O)O.OC[C@@H](O)[C@@H](O)[C@H](O)[C@H](O)CO. The molecule has 0 fully saturated rings. The van der Waals surface area contributed by atoms with Crippen molar-refractivity contribution in [1.29, 1.82) is 0 Å². The molecular weight excluding hydrogens is 244 g/mol. The van der Waals surface area contributed by atoms with Crippen LogP contribution in [0.5, 0.6) is 0 Å². The van der Waals surface area contributed by atoms with Gasteiger partial charge in [-0.3, -0.25) is 4.46 Å². The molecule has 0 aliphatic heterocycles. The first-order chi connectivity index (χ1) is 7.27. The number of rotatable bonds is 5. The molecule has 0 amide bonds. The van der Waals surface area contributed by atoms with E-state index in [4.69, 9.17) is 44.7 Å². The molecule has 0 aliphatic rings. The van der Waals surface area contributed by atoms with Gasteiger partial charge in [0.05, 0.1) is 13.2 Å². The third-order valence-corrected chi connectivity index (χ3v) is 1.51. The monoisotopic (exact) mass is 260 g/mol. The van der Waals surface area contributed by atoms with Crippen molar-refractivity contribution >= 4 is 9.17 Å². The van der Waals surface area contributed by atoms with E-state index in [1.165, 1.54) is 0 Å². The smallest absolute Gasteiger partial charge is 0.511 e. The second-order valence-electron chi connectivity index (χ2n) is 2.76. The Morgan fingerprint density at radius 2 is 1.00 bits per heavy atom. The van der Waals surface area contributed by atoms with Gasteiger partial charge in [0.25, 0.3) is 0 Å². The number of aliphatic hydroxyl groups is 6. The standard InChI is InChI=1S/C6H14O6.H2O3Si/c7-1-3(9)5(11)6(12)4(10)2-8;1-4(2)3/h3-12H,1-2H2;1-2H/t3-,4-,5-,6-;/m1./s1. The molecule has 0 aromatic carbocycles. The van der Waals surface area contributed by atoms with Gasteiger partial charge in [0.2, 0.25) is 0 Å². The third kappa shape index (κ3) is 8.67. The van der Waals surface area contributed by atoms with Crippen LogP contribution in [-0.4, -0.2) is 87.0 Å². The predicted molar refractivity (Wildman–Crippen MR) is 49.1 cm³/mol. The van der Waals surface area contributed by atoms with E-state index in [-0.39, 0.29) is 0 Å². The highest BCUT2D eigenvalue weighted by Crippen LogP contribution is 2.03. The average molecular weight is 260 g/mol. The zero-order valence-electron chi connectivity index (χ0n) is 8.21. The zero-order valence-corrected chi connectivity index (χ0v) is 9.21. The van der Waals surface area contributed by atoms with Gasteiger partial charge in [-0.15, -0.1) is 0 Å². The van der Waals surface area contributed by atoms with Crippen molar-refractivity contribution in [2.45, 2.75) is 24.4 Å². The van der Waals surface area contributed by atoms with E-state index in [9.17, 15) is 0 Å². The maximum atomic E-state index is 8.96. The van der Waals surface area contributed by atoms with Crippen LogP contribution in [0.1, 0.15) is 0 Å². The minimum Gasteiger partial charge on any atom is -0.511 e. The van der Waals surface area contributed by atoms with Crippen LogP contribution < -0.4 is 0 Å². The molecule has 0 bridgehead atoms. The molecule has 0 spiro atoms. The maximum absolute atomic E-state index is 8.96. The number of hydrogen-bond donors (Lipinski definition) is 8. The van der Waals surface area contributed by atoms with Crippen molar-refractivity contribution in [2.75, 3.05) is 13.2 Å². The highest BCUT2D eigenvalue weighted by atomic mass is 28.3. The number of hydrogen-bond acceptors (Lipinski definition) is 7. The van der Waals surface area contributed by atoms with Crippen LogP contribution in [0.25, 0.3) is 0 Å². The summed E-state index contributed by atoms with van der Waals surface area (Å²) in [5.41, 5.74) is 0. The van der Waals surface area contributed by atoms with E-state index in [1.807, 2.05) is 0 Å². The molecule has 0 aromatic rings. The van der Waals surface area contributed by atoms with Gasteiger partial charge < -0.3 is 40.2 Å². The molecule has 0 rings (SSSR count). The van der Waals surface area contributed by atoms with E-state index < -0.39 is 46.8 Å². The predicted octanol–water partition coefficient (Wildman–Crippen LogP) is -5.20. The Kier molecular flexibility index (Phi) is 10.6. The van der Waals surface area contributed by atoms with Crippen molar-refractivity contribution < 1.29 is 44.7 Å². The molecule has 98 valence electrons. The van der Waals surface area contributed by atoms with Gasteiger partial charge in [-0.25, -0.2) is 0 Å². The molecule has 0 unspecified atom stereocenters. The van der Waals surface area contributed by atoms with E-state index in [1.54, 1.807) is 0 Å². The van der Waals surface area contributed by atoms with Crippen LogP contribution in [0.15, 0.2) is 0 Å². The summed E-state index contributed by atoms with van der Waals surface area (Å²) in [6.07, 6.45) is -6.39. The fourth-order valence-electron chi connectivity index (χ4n) is 0.671. The van der Waals surface area contributed by atoms with Crippen LogP contribution in [0.4, 0.5) is 0 Å². The average Bonchev–Trinajstić information content (AvgIpc) is 2.24. The van der Waals surface area contributed by atoms with Gasteiger partial charge in [0.15, 0.2) is 0 Å². The lowest BCUT2D eigenvalue weighted by molar-refractivity contribution is -0.123. The Bertz CT molecular complexity index is 171. The highest BCUT2D eigenvalue weighted by Gasteiger charge is 2.29. The summed E-state index contributed by atoms with van der Waals surface area (Å²) >= 11 is 0. The van der Waals surface area contributed by atoms with Crippen LogP contribution in [0.3, 0.4) is 0 Å². The van der Waals surface area contributed by atoms with Crippen LogP contribution in [-0.2, 0) is 4.46 Å². The van der Waals surface area contributed by atoms with Crippen LogP contribution in [0, 0.1) is 0 Å². The lowest BCUT2D eigenvalue weighted by atomic mass is 10.0. The summed E-state index contributed by atoms with van der Waals surface area (Å²) in [4.78, 5) is 14.3. The molecule has 0 aliphatic carbocycles. The summed E-state index contributed by atoms with van der Waals surface area (Å²) in [5.74, 6) is 0. The quantitative estimate of drug-likeness (QED) is 0.224. The molecular formula is C6H16O9Si. The lowest BCUT2D eigenvalue weighted by Crippen LogP contribution is -2.46. The fourth-order valence-corrected chi connectivity index (χ4v) is 0.671. The van der Waals surface area contributed by atoms with Gasteiger partial charge in [-0.2, -0.15) is 0 Å². The third-order valence-electron chi connectivity index (χ3n) is 1.51. The Labute approximate surface area is 92.4 Å². The van der Waals surface area contributed by atoms with Crippen LogP contribution in [0.2, 0.25) is 0 Å². The van der Waals surface area contributed by atoms with E-state index in [0.29, 0.717) is 0 Å². The van der Waals surface area contributed by atoms with Crippen molar-refractivity contribution in [3.8, 4) is 0 Å². The Morgan fingerprint density at radius 3 is 1.12 bits per heavy atom.